The van der Waals surface area contributed by atoms with Crippen LogP contribution < -0.4 is 0 Å². The van der Waals surface area contributed by atoms with E-state index in [1.165, 1.54) is 6.20 Å². The van der Waals surface area contributed by atoms with Crippen molar-refractivity contribution >= 4 is 11.9 Å². The van der Waals surface area contributed by atoms with E-state index >= 15 is 0 Å². The lowest BCUT2D eigenvalue weighted by Crippen LogP contribution is -2.47. The van der Waals surface area contributed by atoms with Crippen molar-refractivity contribution in [2.75, 3.05) is 33.2 Å². The lowest BCUT2D eigenvalue weighted by molar-refractivity contribution is -0.139. The van der Waals surface area contributed by atoms with Crippen LogP contribution >= 0.6 is 0 Å². The number of likely N-dealkylation sites (tertiary alicyclic amines) is 2. The topological polar surface area (TPSA) is 91.6 Å². The van der Waals surface area contributed by atoms with Gasteiger partial charge in [-0.2, -0.15) is 0 Å². The number of carboxylic acids is 1. The van der Waals surface area contributed by atoms with Gasteiger partial charge in [-0.05, 0) is 39.3 Å². The maximum Gasteiger partial charge on any atom is 0.358 e. The first-order valence-corrected chi connectivity index (χ1v) is 8.17. The van der Waals surface area contributed by atoms with Gasteiger partial charge in [0.25, 0.3) is 0 Å². The van der Waals surface area contributed by atoms with Crippen LogP contribution in [0.15, 0.2) is 6.20 Å². The van der Waals surface area contributed by atoms with Crippen molar-refractivity contribution in [3.05, 3.63) is 11.9 Å². The number of aromatic nitrogens is 3. The second-order valence-electron chi connectivity index (χ2n) is 6.57. The smallest absolute Gasteiger partial charge is 0.358 e. The number of carboxylic acid groups (broad SMARTS) is 1. The highest BCUT2D eigenvalue weighted by Gasteiger charge is 2.32. The second-order valence-corrected chi connectivity index (χ2v) is 6.57. The Balaban J connectivity index is 1.65. The molecule has 0 radical (unpaired) electrons. The molecule has 0 bridgehead atoms. The maximum atomic E-state index is 12.7. The number of carbonyl (C=O) groups is 2. The van der Waals surface area contributed by atoms with Gasteiger partial charge in [-0.1, -0.05) is 5.21 Å². The van der Waals surface area contributed by atoms with Gasteiger partial charge in [0.05, 0.1) is 18.2 Å². The van der Waals surface area contributed by atoms with Gasteiger partial charge in [-0.3, -0.25) is 4.79 Å². The fraction of sp³-hybridized carbons (Fsp3) is 0.733. The molecule has 3 heterocycles. The molecular weight excluding hydrogens is 298 g/mol. The number of hydrogen-bond acceptors (Lipinski definition) is 5. The first-order valence-electron chi connectivity index (χ1n) is 8.17. The van der Waals surface area contributed by atoms with E-state index < -0.39 is 5.97 Å². The SMILES string of the molecule is CN1CCCC(C(=O)N2CCCC(n3cc(C(=O)O)nn3)C2)C1. The molecule has 1 N–H and O–H groups in total. The number of piperidine rings is 2. The van der Waals surface area contributed by atoms with Crippen molar-refractivity contribution < 1.29 is 14.7 Å². The summed E-state index contributed by atoms with van der Waals surface area (Å²) in [6, 6.07) is 0.00891. The van der Waals surface area contributed by atoms with Crippen LogP contribution in [-0.2, 0) is 4.79 Å². The van der Waals surface area contributed by atoms with Gasteiger partial charge in [0, 0.05) is 19.6 Å². The number of amides is 1. The molecule has 2 unspecified atom stereocenters. The predicted molar refractivity (Wildman–Crippen MR) is 82.1 cm³/mol. The van der Waals surface area contributed by atoms with E-state index in [-0.39, 0.29) is 23.6 Å². The fourth-order valence-corrected chi connectivity index (χ4v) is 3.55. The molecule has 0 aromatic carbocycles. The van der Waals surface area contributed by atoms with Crippen molar-refractivity contribution in [3.8, 4) is 0 Å². The molecule has 126 valence electrons. The van der Waals surface area contributed by atoms with Crippen molar-refractivity contribution in [2.45, 2.75) is 31.7 Å². The Morgan fingerprint density at radius 2 is 2.00 bits per heavy atom. The second kappa shape index (κ2) is 6.66. The molecule has 2 saturated heterocycles. The summed E-state index contributed by atoms with van der Waals surface area (Å²) in [6.07, 6.45) is 5.26. The minimum absolute atomic E-state index is 0.00891. The van der Waals surface area contributed by atoms with Crippen LogP contribution in [0.3, 0.4) is 0 Å². The number of carbonyl (C=O) groups excluding carboxylic acids is 1. The van der Waals surface area contributed by atoms with Crippen LogP contribution in [0.2, 0.25) is 0 Å². The first kappa shape index (κ1) is 15.9. The summed E-state index contributed by atoms with van der Waals surface area (Å²) in [5, 5.41) is 16.5. The van der Waals surface area contributed by atoms with E-state index in [1.807, 2.05) is 4.90 Å². The number of nitrogens with zero attached hydrogens (tertiary/aromatic N) is 5. The Labute approximate surface area is 135 Å². The first-order chi connectivity index (χ1) is 11.0. The molecule has 2 aliphatic heterocycles. The third-order valence-electron chi connectivity index (χ3n) is 4.79. The maximum absolute atomic E-state index is 12.7. The van der Waals surface area contributed by atoms with Crippen LogP contribution in [-0.4, -0.2) is 75.0 Å². The molecule has 0 aliphatic carbocycles. The highest BCUT2D eigenvalue weighted by Crippen LogP contribution is 2.24. The summed E-state index contributed by atoms with van der Waals surface area (Å²) in [6.45, 7) is 3.24. The van der Waals surface area contributed by atoms with E-state index in [0.717, 1.165) is 45.3 Å². The monoisotopic (exact) mass is 321 g/mol. The van der Waals surface area contributed by atoms with Crippen LogP contribution in [0.5, 0.6) is 0 Å². The molecular formula is C15H23N5O3. The summed E-state index contributed by atoms with van der Waals surface area (Å²) in [5.74, 6) is -0.775. The molecule has 2 atom stereocenters. The Hall–Kier alpha value is -1.96. The van der Waals surface area contributed by atoms with Crippen molar-refractivity contribution in [1.29, 1.82) is 0 Å². The standard InChI is InChI=1S/C15H23N5O3/c1-18-6-2-4-11(8-18)14(21)19-7-3-5-12(9-19)20-10-13(15(22)23)16-17-20/h10-12H,2-9H2,1H3,(H,22,23). The van der Waals surface area contributed by atoms with Gasteiger partial charge >= 0.3 is 5.97 Å². The van der Waals surface area contributed by atoms with E-state index in [4.69, 9.17) is 5.11 Å². The molecule has 1 aromatic rings. The average Bonchev–Trinajstić information content (AvgIpc) is 3.04. The van der Waals surface area contributed by atoms with Crippen molar-refractivity contribution in [2.24, 2.45) is 5.92 Å². The molecule has 2 fully saturated rings. The predicted octanol–water partition coefficient (Wildman–Crippen LogP) is 0.482. The van der Waals surface area contributed by atoms with Crippen LogP contribution in [0, 0.1) is 5.92 Å². The summed E-state index contributed by atoms with van der Waals surface area (Å²) in [5.41, 5.74) is -0.0534. The van der Waals surface area contributed by atoms with E-state index in [0.29, 0.717) is 6.54 Å². The molecule has 0 spiro atoms. The molecule has 1 amide bonds. The molecule has 8 nitrogen and oxygen atoms in total. The molecule has 2 aliphatic rings. The van der Waals surface area contributed by atoms with Gasteiger partial charge in [0.15, 0.2) is 5.69 Å². The highest BCUT2D eigenvalue weighted by atomic mass is 16.4. The zero-order chi connectivity index (χ0) is 16.4. The lowest BCUT2D eigenvalue weighted by Gasteiger charge is -2.37. The zero-order valence-electron chi connectivity index (χ0n) is 13.4. The summed E-state index contributed by atoms with van der Waals surface area (Å²) in [7, 11) is 2.06. The van der Waals surface area contributed by atoms with Gasteiger partial charge in [-0.25, -0.2) is 9.48 Å². The molecule has 3 rings (SSSR count). The van der Waals surface area contributed by atoms with Gasteiger partial charge < -0.3 is 14.9 Å². The quantitative estimate of drug-likeness (QED) is 0.871. The Kier molecular flexibility index (Phi) is 4.61. The Morgan fingerprint density at radius 3 is 2.70 bits per heavy atom. The molecule has 8 heteroatoms. The van der Waals surface area contributed by atoms with Crippen molar-refractivity contribution in [1.82, 2.24) is 24.8 Å². The van der Waals surface area contributed by atoms with Crippen LogP contribution in [0.4, 0.5) is 0 Å². The van der Waals surface area contributed by atoms with Gasteiger partial charge in [0.2, 0.25) is 5.91 Å². The van der Waals surface area contributed by atoms with Crippen LogP contribution in [0.25, 0.3) is 0 Å². The third-order valence-corrected chi connectivity index (χ3v) is 4.79. The van der Waals surface area contributed by atoms with Gasteiger partial charge in [-0.15, -0.1) is 5.10 Å². The summed E-state index contributed by atoms with van der Waals surface area (Å²) < 4.78 is 1.59. The third kappa shape index (κ3) is 3.52. The summed E-state index contributed by atoms with van der Waals surface area (Å²) in [4.78, 5) is 27.8. The fourth-order valence-electron chi connectivity index (χ4n) is 3.55. The van der Waals surface area contributed by atoms with E-state index in [9.17, 15) is 9.59 Å². The van der Waals surface area contributed by atoms with Crippen molar-refractivity contribution in [3.63, 3.8) is 0 Å². The molecule has 0 saturated carbocycles. The minimum atomic E-state index is -1.08. The molecule has 1 aromatic heterocycles. The van der Waals surface area contributed by atoms with E-state index in [2.05, 4.69) is 22.3 Å². The number of rotatable bonds is 3. The summed E-state index contributed by atoms with van der Waals surface area (Å²) >= 11 is 0. The zero-order valence-corrected chi connectivity index (χ0v) is 13.4. The lowest BCUT2D eigenvalue weighted by atomic mass is 9.95. The van der Waals surface area contributed by atoms with Gasteiger partial charge in [0.1, 0.15) is 0 Å². The van der Waals surface area contributed by atoms with Crippen LogP contribution in [0.1, 0.15) is 42.2 Å². The normalized spacial score (nSPS) is 26.2. The number of hydrogen-bond donors (Lipinski definition) is 1. The number of aromatic carboxylic acids is 1. The Bertz CT molecular complexity index is 587. The highest BCUT2D eigenvalue weighted by molar-refractivity contribution is 5.84. The average molecular weight is 321 g/mol. The molecule has 23 heavy (non-hydrogen) atoms. The Morgan fingerprint density at radius 1 is 1.22 bits per heavy atom. The minimum Gasteiger partial charge on any atom is -0.476 e. The van der Waals surface area contributed by atoms with E-state index in [1.54, 1.807) is 4.68 Å². The largest absolute Gasteiger partial charge is 0.476 e.